The third-order valence-corrected chi connectivity index (χ3v) is 6.49. The summed E-state index contributed by atoms with van der Waals surface area (Å²) in [6, 6.07) is 20.1. The van der Waals surface area contributed by atoms with Crippen LogP contribution in [0, 0.1) is 5.82 Å². The Labute approximate surface area is 220 Å². The number of hydrogen-bond acceptors (Lipinski definition) is 5. The van der Waals surface area contributed by atoms with Gasteiger partial charge < -0.3 is 9.64 Å². The fourth-order valence-corrected chi connectivity index (χ4v) is 4.76. The highest BCUT2D eigenvalue weighted by Gasteiger charge is 2.26. The molecule has 5 nitrogen and oxygen atoms in total. The van der Waals surface area contributed by atoms with Gasteiger partial charge in [-0.3, -0.25) is 4.98 Å². The minimum atomic E-state index is -0.279. The summed E-state index contributed by atoms with van der Waals surface area (Å²) in [5.74, 6) is 1.68. The number of hydrogen-bond donors (Lipinski definition) is 0. The Morgan fingerprint density at radius 3 is 2.56 bits per heavy atom. The Balaban J connectivity index is 0.00000160. The van der Waals surface area contributed by atoms with E-state index in [9.17, 15) is 4.39 Å². The van der Waals surface area contributed by atoms with Crippen LogP contribution in [0.4, 0.5) is 15.9 Å². The van der Waals surface area contributed by atoms with E-state index in [1.807, 2.05) is 42.5 Å². The van der Waals surface area contributed by atoms with Crippen molar-refractivity contribution < 1.29 is 10.6 Å². The van der Waals surface area contributed by atoms with Crippen molar-refractivity contribution in [2.45, 2.75) is 6.42 Å². The Hall–Kier alpha value is -3.74. The van der Waals surface area contributed by atoms with Gasteiger partial charge in [-0.25, -0.2) is 14.4 Å². The molecule has 36 heavy (non-hydrogen) atoms. The smallest absolute Gasteiger partial charge is 0.163 e. The molecule has 2 aromatic heterocycles. The SMILES string of the molecule is COc1cc(-c2ccc(F)cc2)cc2c(N3CCc4cc(Cl)ccc43)nc(-c3cccnc3)nc12.Cl.[HH]. The lowest BCUT2D eigenvalue weighted by Gasteiger charge is -2.22. The van der Waals surface area contributed by atoms with Gasteiger partial charge in [-0.2, -0.15) is 0 Å². The maximum atomic E-state index is 13.6. The predicted octanol–water partition coefficient (Wildman–Crippen LogP) is 7.52. The zero-order chi connectivity index (χ0) is 23.9. The van der Waals surface area contributed by atoms with E-state index in [0.29, 0.717) is 17.1 Å². The number of aromatic nitrogens is 3. The summed E-state index contributed by atoms with van der Waals surface area (Å²) in [7, 11) is 1.63. The summed E-state index contributed by atoms with van der Waals surface area (Å²) >= 11 is 6.26. The van der Waals surface area contributed by atoms with E-state index in [1.54, 1.807) is 31.6 Å². The fourth-order valence-electron chi connectivity index (χ4n) is 4.57. The molecule has 182 valence electrons. The number of nitrogens with zero attached hydrogens (tertiary/aromatic N) is 4. The minimum absolute atomic E-state index is 0. The van der Waals surface area contributed by atoms with E-state index in [1.165, 1.54) is 17.7 Å². The molecule has 3 aromatic carbocycles. The zero-order valence-corrected chi connectivity index (χ0v) is 20.9. The zero-order valence-electron chi connectivity index (χ0n) is 19.3. The van der Waals surface area contributed by atoms with Crippen LogP contribution in [-0.2, 0) is 6.42 Å². The summed E-state index contributed by atoms with van der Waals surface area (Å²) < 4.78 is 19.4. The Kier molecular flexibility index (Phi) is 6.48. The number of anilines is 2. The van der Waals surface area contributed by atoms with Gasteiger partial charge in [0.1, 0.15) is 22.9 Å². The summed E-state index contributed by atoms with van der Waals surface area (Å²) in [6.07, 6.45) is 4.34. The highest BCUT2D eigenvalue weighted by Crippen LogP contribution is 2.42. The molecule has 0 bridgehead atoms. The van der Waals surface area contributed by atoms with E-state index in [4.69, 9.17) is 26.3 Å². The molecule has 0 atom stereocenters. The van der Waals surface area contributed by atoms with Crippen molar-refractivity contribution in [3.63, 3.8) is 0 Å². The normalized spacial score (nSPS) is 12.4. The number of ether oxygens (including phenoxy) is 1. The largest absolute Gasteiger partial charge is 0.494 e. The summed E-state index contributed by atoms with van der Waals surface area (Å²) in [5, 5.41) is 1.56. The topological polar surface area (TPSA) is 51.1 Å². The number of pyridine rings is 1. The Morgan fingerprint density at radius 1 is 0.972 bits per heavy atom. The van der Waals surface area contributed by atoms with Crippen LogP contribution in [0.2, 0.25) is 5.02 Å². The lowest BCUT2D eigenvalue weighted by molar-refractivity contribution is 0.419. The maximum absolute atomic E-state index is 13.6. The molecule has 1 aliphatic heterocycles. The third kappa shape index (κ3) is 4.23. The van der Waals surface area contributed by atoms with E-state index in [0.717, 1.165) is 51.6 Å². The van der Waals surface area contributed by atoms with Crippen LogP contribution in [0.15, 0.2) is 79.1 Å². The molecular weight excluding hydrogens is 498 g/mol. The number of methoxy groups -OCH3 is 1. The van der Waals surface area contributed by atoms with Crippen LogP contribution >= 0.6 is 24.0 Å². The maximum Gasteiger partial charge on any atom is 0.163 e. The van der Waals surface area contributed by atoms with Gasteiger partial charge in [-0.15, -0.1) is 12.4 Å². The first-order chi connectivity index (χ1) is 17.1. The minimum Gasteiger partial charge on any atom is -0.494 e. The molecule has 0 saturated carbocycles. The molecule has 0 N–H and O–H groups in total. The van der Waals surface area contributed by atoms with Crippen LogP contribution in [0.3, 0.4) is 0 Å². The number of benzene rings is 3. The first-order valence-electron chi connectivity index (χ1n) is 11.2. The monoisotopic (exact) mass is 520 g/mol. The van der Waals surface area contributed by atoms with Gasteiger partial charge in [0.25, 0.3) is 0 Å². The molecule has 5 aromatic rings. The van der Waals surface area contributed by atoms with Crippen LogP contribution in [-0.4, -0.2) is 28.6 Å². The molecule has 0 unspecified atom stereocenters. The van der Waals surface area contributed by atoms with Crippen molar-refractivity contribution >= 4 is 46.4 Å². The van der Waals surface area contributed by atoms with Crippen molar-refractivity contribution in [2.24, 2.45) is 0 Å². The second-order valence-electron chi connectivity index (χ2n) is 8.37. The molecule has 0 spiro atoms. The quantitative estimate of drug-likeness (QED) is 0.245. The van der Waals surface area contributed by atoms with Crippen molar-refractivity contribution in [1.82, 2.24) is 15.0 Å². The van der Waals surface area contributed by atoms with Crippen LogP contribution in [0.1, 0.15) is 6.99 Å². The summed E-state index contributed by atoms with van der Waals surface area (Å²) in [5.41, 5.74) is 5.53. The van der Waals surface area contributed by atoms with Gasteiger partial charge in [0.15, 0.2) is 5.82 Å². The van der Waals surface area contributed by atoms with E-state index >= 15 is 0 Å². The van der Waals surface area contributed by atoms with Gasteiger partial charge >= 0.3 is 0 Å². The van der Waals surface area contributed by atoms with E-state index < -0.39 is 0 Å². The second-order valence-corrected chi connectivity index (χ2v) is 8.81. The number of fused-ring (bicyclic) bond motifs is 2. The highest BCUT2D eigenvalue weighted by atomic mass is 35.5. The second kappa shape index (κ2) is 9.72. The van der Waals surface area contributed by atoms with Gasteiger partial charge in [0.2, 0.25) is 0 Å². The predicted molar refractivity (Wildman–Crippen MR) is 146 cm³/mol. The number of halogens is 3. The average Bonchev–Trinajstić information content (AvgIpc) is 3.31. The van der Waals surface area contributed by atoms with Gasteiger partial charge in [-0.05, 0) is 77.7 Å². The Morgan fingerprint density at radius 2 is 1.81 bits per heavy atom. The molecule has 1 aliphatic rings. The first kappa shape index (κ1) is 24.0. The lowest BCUT2D eigenvalue weighted by Crippen LogP contribution is -2.16. The first-order valence-corrected chi connectivity index (χ1v) is 11.6. The summed E-state index contributed by atoms with van der Waals surface area (Å²) in [4.78, 5) is 16.4. The summed E-state index contributed by atoms with van der Waals surface area (Å²) in [6.45, 7) is 0.761. The molecule has 8 heteroatoms. The fraction of sp³-hybridized carbons (Fsp3) is 0.107. The molecule has 0 radical (unpaired) electrons. The standard InChI is InChI=1S/C28H20ClFN4O.ClH.H2/c1-35-25-15-20(17-4-7-22(30)8-5-17)14-23-26(25)32-27(19-3-2-11-31-16-19)33-28(23)34-12-10-18-13-21(29)6-9-24(18)34;;/h2-9,11,13-16H,10,12H2,1H3;2*1H. The molecular formula is C28H23Cl2FN4O. The molecule has 0 saturated heterocycles. The lowest BCUT2D eigenvalue weighted by atomic mass is 10.0. The van der Waals surface area contributed by atoms with Gasteiger partial charge in [0.05, 0.1) is 7.11 Å². The highest BCUT2D eigenvalue weighted by molar-refractivity contribution is 6.30. The van der Waals surface area contributed by atoms with Crippen molar-refractivity contribution in [3.05, 3.63) is 95.5 Å². The van der Waals surface area contributed by atoms with Gasteiger partial charge in [0, 0.05) is 42.0 Å². The Bertz CT molecular complexity index is 1570. The van der Waals surface area contributed by atoms with Crippen molar-refractivity contribution in [3.8, 4) is 28.3 Å². The van der Waals surface area contributed by atoms with Gasteiger partial charge in [-0.1, -0.05) is 23.7 Å². The average molecular weight is 521 g/mol. The van der Waals surface area contributed by atoms with Crippen LogP contribution in [0.5, 0.6) is 5.75 Å². The molecule has 6 rings (SSSR count). The molecule has 0 fully saturated rings. The molecule has 3 heterocycles. The van der Waals surface area contributed by atoms with E-state index in [2.05, 4.69) is 9.88 Å². The third-order valence-electron chi connectivity index (χ3n) is 6.26. The molecule has 0 aliphatic carbocycles. The molecule has 0 amide bonds. The number of rotatable bonds is 4. The van der Waals surface area contributed by atoms with E-state index in [-0.39, 0.29) is 19.7 Å². The van der Waals surface area contributed by atoms with Crippen molar-refractivity contribution in [2.75, 3.05) is 18.6 Å². The van der Waals surface area contributed by atoms with Crippen molar-refractivity contribution in [1.29, 1.82) is 0 Å². The van der Waals surface area contributed by atoms with Crippen LogP contribution < -0.4 is 9.64 Å². The van der Waals surface area contributed by atoms with Crippen LogP contribution in [0.25, 0.3) is 33.4 Å².